The normalized spacial score (nSPS) is 27.3. The highest BCUT2D eigenvalue weighted by Gasteiger charge is 2.44. The first kappa shape index (κ1) is 21.4. The molecule has 28 heavy (non-hydrogen) atoms. The highest BCUT2D eigenvalue weighted by molar-refractivity contribution is 8.00. The van der Waals surface area contributed by atoms with E-state index in [2.05, 4.69) is 0 Å². The van der Waals surface area contributed by atoms with Crippen molar-refractivity contribution in [1.29, 1.82) is 0 Å². The highest BCUT2D eigenvalue weighted by atomic mass is 32.2. The summed E-state index contributed by atoms with van der Waals surface area (Å²) in [5.74, 6) is 0.673. The molecule has 6 N–H and O–H groups in total. The van der Waals surface area contributed by atoms with Gasteiger partial charge in [0, 0.05) is 32.2 Å². The van der Waals surface area contributed by atoms with Crippen LogP contribution < -0.4 is 11.5 Å². The van der Waals surface area contributed by atoms with Crippen LogP contribution in [0.4, 0.5) is 11.4 Å². The number of nitrogens with two attached hydrogens (primary N) is 2. The maximum atomic E-state index is 11.2. The summed E-state index contributed by atoms with van der Waals surface area (Å²) in [6.45, 7) is 3.80. The van der Waals surface area contributed by atoms with Crippen LogP contribution in [0.3, 0.4) is 0 Å². The average molecular weight is 419 g/mol. The lowest BCUT2D eigenvalue weighted by Crippen LogP contribution is -2.49. The molecular formula is C22H30N2O2S2. The van der Waals surface area contributed by atoms with Gasteiger partial charge in [0.25, 0.3) is 0 Å². The summed E-state index contributed by atoms with van der Waals surface area (Å²) in [4.78, 5) is 1.98. The largest absolute Gasteiger partial charge is 0.398 e. The Balaban J connectivity index is 1.70. The van der Waals surface area contributed by atoms with Crippen LogP contribution in [0.1, 0.15) is 33.1 Å². The third kappa shape index (κ3) is 4.98. The molecule has 0 spiro atoms. The molecule has 4 nitrogen and oxygen atoms in total. The van der Waals surface area contributed by atoms with Crippen molar-refractivity contribution in [2.24, 2.45) is 5.92 Å². The zero-order chi connectivity index (χ0) is 20.4. The van der Waals surface area contributed by atoms with Crippen LogP contribution in [0, 0.1) is 5.92 Å². The predicted molar refractivity (Wildman–Crippen MR) is 121 cm³/mol. The number of hydrogen-bond donors (Lipinski definition) is 4. The zero-order valence-corrected chi connectivity index (χ0v) is 18.1. The fourth-order valence-electron chi connectivity index (χ4n) is 3.69. The number of para-hydroxylation sites is 2. The van der Waals surface area contributed by atoms with E-state index in [-0.39, 0.29) is 11.2 Å². The first-order valence-electron chi connectivity index (χ1n) is 9.62. The Morgan fingerprint density at radius 2 is 1.64 bits per heavy atom. The molecule has 1 fully saturated rings. The van der Waals surface area contributed by atoms with Gasteiger partial charge in [-0.3, -0.25) is 0 Å². The summed E-state index contributed by atoms with van der Waals surface area (Å²) in [7, 11) is 0. The molecular weight excluding hydrogens is 388 g/mol. The first-order valence-corrected chi connectivity index (χ1v) is 11.5. The standard InChI is InChI=1S/C22H30N2O2S2/c1-21(25)12-11-15(13-20(21)28-19-10-6-4-8-17(19)24)22(2,26)14-27-18-9-5-3-7-16(18)23/h3-10,15,20,25-26H,11-14,23-24H2,1-2H3. The number of hydrogen-bond acceptors (Lipinski definition) is 6. The van der Waals surface area contributed by atoms with E-state index in [1.54, 1.807) is 23.5 Å². The molecule has 1 aliphatic carbocycles. The van der Waals surface area contributed by atoms with E-state index in [0.717, 1.165) is 34.0 Å². The Labute approximate surface area is 176 Å². The fraction of sp³-hybridized carbons (Fsp3) is 0.455. The Bertz CT molecular complexity index is 811. The molecule has 4 unspecified atom stereocenters. The SMILES string of the molecule is CC(O)(CSc1ccccc1N)C1CCC(C)(O)C(Sc2ccccc2N)C1. The number of nitrogen functional groups attached to an aromatic ring is 2. The first-order chi connectivity index (χ1) is 13.2. The van der Waals surface area contributed by atoms with Crippen LogP contribution in [-0.2, 0) is 0 Å². The molecule has 6 heteroatoms. The van der Waals surface area contributed by atoms with Gasteiger partial charge in [-0.15, -0.1) is 23.5 Å². The van der Waals surface area contributed by atoms with Gasteiger partial charge in [0.15, 0.2) is 0 Å². The lowest BCUT2D eigenvalue weighted by Gasteiger charge is -2.45. The Hall–Kier alpha value is -1.34. The van der Waals surface area contributed by atoms with E-state index < -0.39 is 11.2 Å². The molecule has 152 valence electrons. The lowest BCUT2D eigenvalue weighted by molar-refractivity contribution is -0.0442. The van der Waals surface area contributed by atoms with E-state index in [1.165, 1.54) is 0 Å². The van der Waals surface area contributed by atoms with Gasteiger partial charge in [-0.25, -0.2) is 0 Å². The molecule has 0 aromatic heterocycles. The minimum atomic E-state index is -0.843. The van der Waals surface area contributed by atoms with E-state index in [9.17, 15) is 10.2 Å². The third-order valence-electron chi connectivity index (χ3n) is 5.70. The van der Waals surface area contributed by atoms with Crippen molar-refractivity contribution in [2.75, 3.05) is 17.2 Å². The summed E-state index contributed by atoms with van der Waals surface area (Å²) >= 11 is 3.21. The molecule has 0 saturated heterocycles. The Morgan fingerprint density at radius 1 is 1.07 bits per heavy atom. The molecule has 3 rings (SSSR count). The van der Waals surface area contributed by atoms with E-state index in [1.807, 2.05) is 62.4 Å². The van der Waals surface area contributed by atoms with Crippen LogP contribution in [0.5, 0.6) is 0 Å². The van der Waals surface area contributed by atoms with Crippen molar-refractivity contribution in [1.82, 2.24) is 0 Å². The molecule has 0 aliphatic heterocycles. The summed E-state index contributed by atoms with van der Waals surface area (Å²) in [6.07, 6.45) is 2.20. The van der Waals surface area contributed by atoms with E-state index >= 15 is 0 Å². The van der Waals surface area contributed by atoms with Gasteiger partial charge in [0.2, 0.25) is 0 Å². The van der Waals surface area contributed by atoms with Crippen molar-refractivity contribution in [3.05, 3.63) is 48.5 Å². The number of benzene rings is 2. The molecule has 1 aliphatic rings. The maximum absolute atomic E-state index is 11.2. The fourth-order valence-corrected chi connectivity index (χ4v) is 6.15. The van der Waals surface area contributed by atoms with Gasteiger partial charge < -0.3 is 21.7 Å². The van der Waals surface area contributed by atoms with Gasteiger partial charge in [-0.05, 0) is 63.3 Å². The molecule has 2 aromatic rings. The van der Waals surface area contributed by atoms with Crippen molar-refractivity contribution in [3.63, 3.8) is 0 Å². The molecule has 0 radical (unpaired) electrons. The maximum Gasteiger partial charge on any atom is 0.0741 e. The number of thioether (sulfide) groups is 2. The summed E-state index contributed by atoms with van der Waals surface area (Å²) in [5, 5.41) is 22.2. The molecule has 1 saturated carbocycles. The minimum Gasteiger partial charge on any atom is -0.398 e. The van der Waals surface area contributed by atoms with Gasteiger partial charge >= 0.3 is 0 Å². The topological polar surface area (TPSA) is 92.5 Å². The molecule has 2 aromatic carbocycles. The predicted octanol–water partition coefficient (Wildman–Crippen LogP) is 4.41. The Morgan fingerprint density at radius 3 is 2.25 bits per heavy atom. The summed E-state index contributed by atoms with van der Waals surface area (Å²) < 4.78 is 0. The molecule has 0 bridgehead atoms. The third-order valence-corrected chi connectivity index (χ3v) is 8.72. The van der Waals surface area contributed by atoms with Crippen LogP contribution in [-0.4, -0.2) is 32.4 Å². The summed E-state index contributed by atoms with van der Waals surface area (Å²) in [5.41, 5.74) is 12.0. The Kier molecular flexibility index (Phi) is 6.54. The molecule has 4 atom stereocenters. The lowest BCUT2D eigenvalue weighted by atomic mass is 9.73. The number of anilines is 2. The van der Waals surface area contributed by atoms with Crippen LogP contribution in [0.2, 0.25) is 0 Å². The quantitative estimate of drug-likeness (QED) is 0.410. The zero-order valence-electron chi connectivity index (χ0n) is 16.5. The van der Waals surface area contributed by atoms with Crippen LogP contribution >= 0.6 is 23.5 Å². The second-order valence-corrected chi connectivity index (χ2v) is 10.4. The smallest absolute Gasteiger partial charge is 0.0741 e. The number of rotatable bonds is 6. The van der Waals surface area contributed by atoms with Gasteiger partial charge in [-0.2, -0.15) is 0 Å². The monoisotopic (exact) mass is 418 g/mol. The van der Waals surface area contributed by atoms with Crippen molar-refractivity contribution >= 4 is 34.9 Å². The highest BCUT2D eigenvalue weighted by Crippen LogP contribution is 2.47. The van der Waals surface area contributed by atoms with Gasteiger partial charge in [0.05, 0.1) is 11.2 Å². The van der Waals surface area contributed by atoms with Crippen LogP contribution in [0.25, 0.3) is 0 Å². The van der Waals surface area contributed by atoms with Crippen molar-refractivity contribution in [3.8, 4) is 0 Å². The average Bonchev–Trinajstić information content (AvgIpc) is 2.64. The second kappa shape index (κ2) is 8.57. The second-order valence-electron chi connectivity index (χ2n) is 8.16. The number of aliphatic hydroxyl groups is 2. The summed E-state index contributed by atoms with van der Waals surface area (Å²) in [6, 6.07) is 15.5. The van der Waals surface area contributed by atoms with Gasteiger partial charge in [0.1, 0.15) is 0 Å². The van der Waals surface area contributed by atoms with Gasteiger partial charge in [-0.1, -0.05) is 24.3 Å². The molecule has 0 heterocycles. The van der Waals surface area contributed by atoms with Crippen molar-refractivity contribution < 1.29 is 10.2 Å². The van der Waals surface area contributed by atoms with Crippen LogP contribution in [0.15, 0.2) is 58.3 Å². The molecule has 0 amide bonds. The minimum absolute atomic E-state index is 0.0192. The van der Waals surface area contributed by atoms with E-state index in [0.29, 0.717) is 12.2 Å². The van der Waals surface area contributed by atoms with E-state index in [4.69, 9.17) is 11.5 Å². The van der Waals surface area contributed by atoms with Crippen molar-refractivity contribution in [2.45, 2.75) is 59.4 Å².